The lowest BCUT2D eigenvalue weighted by Gasteiger charge is -2.19. The lowest BCUT2D eigenvalue weighted by atomic mass is 9.95. The van der Waals surface area contributed by atoms with Gasteiger partial charge in [-0.05, 0) is 37.8 Å². The maximum absolute atomic E-state index is 4.03. The van der Waals surface area contributed by atoms with Crippen LogP contribution in [0.1, 0.15) is 37.7 Å². The zero-order valence-electron chi connectivity index (χ0n) is 8.65. The Balaban J connectivity index is 1.76. The summed E-state index contributed by atoms with van der Waals surface area (Å²) < 4.78 is 0. The van der Waals surface area contributed by atoms with Crippen molar-refractivity contribution in [3.05, 3.63) is 30.1 Å². The molecule has 0 atom stereocenters. The zero-order chi connectivity index (χ0) is 9.64. The molecule has 76 valence electrons. The van der Waals surface area contributed by atoms with Crippen LogP contribution in [-0.4, -0.2) is 11.0 Å². The highest BCUT2D eigenvalue weighted by molar-refractivity contribution is 5.07. The Kier molecular flexibility index (Phi) is 3.52. The van der Waals surface area contributed by atoms with Crippen LogP contribution in [-0.2, 0) is 6.54 Å². The molecule has 1 heterocycles. The molecular weight excluding hydrogens is 172 g/mol. The Hall–Kier alpha value is -0.890. The first-order chi connectivity index (χ1) is 6.95. The van der Waals surface area contributed by atoms with Crippen LogP contribution < -0.4 is 5.32 Å². The Morgan fingerprint density at radius 1 is 1.14 bits per heavy atom. The second kappa shape index (κ2) is 5.11. The van der Waals surface area contributed by atoms with E-state index in [0.717, 1.165) is 12.6 Å². The number of aromatic nitrogens is 1. The van der Waals surface area contributed by atoms with Crippen molar-refractivity contribution in [1.29, 1.82) is 0 Å². The monoisotopic (exact) mass is 191 g/mol. The highest BCUT2D eigenvalue weighted by atomic mass is 14.9. The third kappa shape index (κ3) is 2.81. The van der Waals surface area contributed by atoms with Gasteiger partial charge in [0.2, 0.25) is 0 Å². The van der Waals surface area contributed by atoms with E-state index in [9.17, 15) is 0 Å². The highest BCUT2D eigenvalue weighted by Crippen LogP contribution is 2.14. The molecule has 2 heteroatoms. The van der Waals surface area contributed by atoms with E-state index in [1.807, 2.05) is 12.4 Å². The first-order valence-corrected chi connectivity index (χ1v) is 5.67. The van der Waals surface area contributed by atoms with Gasteiger partial charge in [-0.1, -0.05) is 6.42 Å². The van der Waals surface area contributed by atoms with E-state index in [0.29, 0.717) is 0 Å². The van der Waals surface area contributed by atoms with E-state index in [4.69, 9.17) is 0 Å². The minimum atomic E-state index is 0.872. The van der Waals surface area contributed by atoms with Gasteiger partial charge in [-0.2, -0.15) is 0 Å². The summed E-state index contributed by atoms with van der Waals surface area (Å²) in [5.74, 6) is 0. The summed E-state index contributed by atoms with van der Waals surface area (Å²) in [5, 5.41) is 2.49. The van der Waals surface area contributed by atoms with E-state index >= 15 is 0 Å². The van der Waals surface area contributed by atoms with Gasteiger partial charge in [0.25, 0.3) is 0 Å². The standard InChI is InChI=1S/C12H18N2/c1-2-4-12(5-3-1)14-10-11-6-8-13-9-7-11/h6-9,12,14H,1-5,10H2/p+1. The number of rotatable bonds is 3. The van der Waals surface area contributed by atoms with Crippen LogP contribution in [0, 0.1) is 0 Å². The lowest BCUT2D eigenvalue weighted by Crippen LogP contribution is -2.88. The van der Waals surface area contributed by atoms with E-state index in [2.05, 4.69) is 22.4 Å². The SMILES string of the molecule is c1cc(C[NH2+]C2CCCCC2)ccn1. The quantitative estimate of drug-likeness (QED) is 0.770. The van der Waals surface area contributed by atoms with Crippen LogP contribution in [0.2, 0.25) is 0 Å². The van der Waals surface area contributed by atoms with Gasteiger partial charge >= 0.3 is 0 Å². The molecular formula is C12H19N2+. The number of hydrogen-bond acceptors (Lipinski definition) is 1. The predicted octanol–water partition coefficient (Wildman–Crippen LogP) is 1.48. The molecule has 1 aromatic heterocycles. The van der Waals surface area contributed by atoms with Crippen molar-refractivity contribution in [2.24, 2.45) is 0 Å². The highest BCUT2D eigenvalue weighted by Gasteiger charge is 2.15. The molecule has 1 aliphatic rings. The van der Waals surface area contributed by atoms with Gasteiger partial charge < -0.3 is 5.32 Å². The number of quaternary nitrogens is 1. The van der Waals surface area contributed by atoms with Crippen LogP contribution in [0.3, 0.4) is 0 Å². The van der Waals surface area contributed by atoms with Gasteiger partial charge in [0.15, 0.2) is 0 Å². The topological polar surface area (TPSA) is 29.5 Å². The first kappa shape index (κ1) is 9.66. The molecule has 0 bridgehead atoms. The van der Waals surface area contributed by atoms with Gasteiger partial charge in [0.1, 0.15) is 6.54 Å². The zero-order valence-corrected chi connectivity index (χ0v) is 8.65. The smallest absolute Gasteiger partial charge is 0.102 e. The van der Waals surface area contributed by atoms with Crippen molar-refractivity contribution in [3.63, 3.8) is 0 Å². The summed E-state index contributed by atoms with van der Waals surface area (Å²) in [5.41, 5.74) is 1.39. The summed E-state index contributed by atoms with van der Waals surface area (Å²) in [6, 6.07) is 5.09. The van der Waals surface area contributed by atoms with Crippen molar-refractivity contribution in [1.82, 2.24) is 4.98 Å². The fourth-order valence-electron chi connectivity index (χ4n) is 2.19. The lowest BCUT2D eigenvalue weighted by molar-refractivity contribution is -0.706. The van der Waals surface area contributed by atoms with Gasteiger partial charge in [-0.15, -0.1) is 0 Å². The second-order valence-corrected chi connectivity index (χ2v) is 4.19. The van der Waals surface area contributed by atoms with Crippen molar-refractivity contribution >= 4 is 0 Å². The molecule has 1 aliphatic carbocycles. The molecule has 0 spiro atoms. The molecule has 2 N–H and O–H groups in total. The average Bonchev–Trinajstić information content (AvgIpc) is 2.29. The van der Waals surface area contributed by atoms with Crippen molar-refractivity contribution < 1.29 is 5.32 Å². The number of hydrogen-bond donors (Lipinski definition) is 1. The Morgan fingerprint density at radius 3 is 2.57 bits per heavy atom. The third-order valence-corrected chi connectivity index (χ3v) is 3.09. The van der Waals surface area contributed by atoms with Crippen molar-refractivity contribution in [2.45, 2.75) is 44.7 Å². The molecule has 2 rings (SSSR count). The van der Waals surface area contributed by atoms with Crippen molar-refractivity contribution in [3.8, 4) is 0 Å². The predicted molar refractivity (Wildman–Crippen MR) is 56.7 cm³/mol. The second-order valence-electron chi connectivity index (χ2n) is 4.19. The molecule has 14 heavy (non-hydrogen) atoms. The molecule has 0 radical (unpaired) electrons. The van der Waals surface area contributed by atoms with Crippen LogP contribution in [0.5, 0.6) is 0 Å². The van der Waals surface area contributed by atoms with E-state index < -0.39 is 0 Å². The number of nitrogens with zero attached hydrogens (tertiary/aromatic N) is 1. The van der Waals surface area contributed by atoms with Crippen LogP contribution >= 0.6 is 0 Å². The third-order valence-electron chi connectivity index (χ3n) is 3.09. The number of pyridine rings is 1. The largest absolute Gasteiger partial charge is 0.340 e. The van der Waals surface area contributed by atoms with Gasteiger partial charge in [0.05, 0.1) is 6.04 Å². The Labute approximate surface area is 85.7 Å². The molecule has 2 nitrogen and oxygen atoms in total. The fourth-order valence-corrected chi connectivity index (χ4v) is 2.19. The normalized spacial score (nSPS) is 18.3. The molecule has 1 aromatic rings. The molecule has 1 saturated carbocycles. The summed E-state index contributed by atoms with van der Waals surface area (Å²) in [7, 11) is 0. The molecule has 1 fully saturated rings. The molecule has 0 unspecified atom stereocenters. The van der Waals surface area contributed by atoms with E-state index in [1.165, 1.54) is 37.7 Å². The molecule has 0 aromatic carbocycles. The fraction of sp³-hybridized carbons (Fsp3) is 0.583. The minimum Gasteiger partial charge on any atom is -0.340 e. The van der Waals surface area contributed by atoms with E-state index in [-0.39, 0.29) is 0 Å². The molecule has 0 amide bonds. The average molecular weight is 191 g/mol. The molecule has 0 saturated heterocycles. The number of nitrogens with two attached hydrogens (primary N) is 1. The van der Waals surface area contributed by atoms with E-state index in [1.54, 1.807) is 0 Å². The van der Waals surface area contributed by atoms with Crippen LogP contribution in [0.25, 0.3) is 0 Å². The minimum absolute atomic E-state index is 0.872. The van der Waals surface area contributed by atoms with Crippen molar-refractivity contribution in [2.75, 3.05) is 0 Å². The maximum atomic E-state index is 4.03. The summed E-state index contributed by atoms with van der Waals surface area (Å²) in [4.78, 5) is 4.03. The Bertz CT molecular complexity index is 252. The first-order valence-electron chi connectivity index (χ1n) is 5.67. The molecule has 0 aliphatic heterocycles. The van der Waals surface area contributed by atoms with Gasteiger partial charge in [0, 0.05) is 18.0 Å². The van der Waals surface area contributed by atoms with Gasteiger partial charge in [-0.3, -0.25) is 4.98 Å². The Morgan fingerprint density at radius 2 is 1.86 bits per heavy atom. The summed E-state index contributed by atoms with van der Waals surface area (Å²) in [6.45, 7) is 1.12. The maximum Gasteiger partial charge on any atom is 0.102 e. The van der Waals surface area contributed by atoms with Crippen LogP contribution in [0.15, 0.2) is 24.5 Å². The summed E-state index contributed by atoms with van der Waals surface area (Å²) >= 11 is 0. The van der Waals surface area contributed by atoms with Gasteiger partial charge in [-0.25, -0.2) is 0 Å². The van der Waals surface area contributed by atoms with Crippen LogP contribution in [0.4, 0.5) is 0 Å². The summed E-state index contributed by atoms with van der Waals surface area (Å²) in [6.07, 6.45) is 10.9.